The molecule has 2 rings (SSSR count). The van der Waals surface area contributed by atoms with Gasteiger partial charge in [-0.15, -0.1) is 0 Å². The smallest absolute Gasteiger partial charge is 0.309 e. The first kappa shape index (κ1) is 25.8. The number of carbonyl (C=O) groups excluding carboxylic acids is 2. The second-order valence-corrected chi connectivity index (χ2v) is 10.00. The van der Waals surface area contributed by atoms with Crippen molar-refractivity contribution in [3.63, 3.8) is 0 Å². The van der Waals surface area contributed by atoms with Gasteiger partial charge in [0.15, 0.2) is 5.78 Å². The summed E-state index contributed by atoms with van der Waals surface area (Å²) in [6.45, 7) is 10.5. The van der Waals surface area contributed by atoms with E-state index in [2.05, 4.69) is 41.8 Å². The fourth-order valence-electron chi connectivity index (χ4n) is 3.94. The summed E-state index contributed by atoms with van der Waals surface area (Å²) < 4.78 is 6.41. The van der Waals surface area contributed by atoms with E-state index in [0.717, 1.165) is 31.5 Å². The molecule has 2 unspecified atom stereocenters. The van der Waals surface area contributed by atoms with Crippen molar-refractivity contribution in [1.29, 1.82) is 0 Å². The molecule has 0 saturated heterocycles. The monoisotopic (exact) mass is 438 g/mol. The number of hydrogen-bond donors (Lipinski definition) is 0. The molecule has 0 N–H and O–H groups in total. The van der Waals surface area contributed by atoms with Gasteiger partial charge in [-0.3, -0.25) is 9.59 Å². The van der Waals surface area contributed by atoms with E-state index in [1.165, 1.54) is 0 Å². The number of rotatable bonds is 12. The molecule has 0 aliphatic rings. The van der Waals surface area contributed by atoms with Gasteiger partial charge in [-0.25, -0.2) is 0 Å². The molecule has 0 bridgehead atoms. The predicted molar refractivity (Wildman–Crippen MR) is 130 cm³/mol. The molecule has 0 radical (unpaired) electrons. The first-order chi connectivity index (χ1) is 15.1. The first-order valence-electron chi connectivity index (χ1n) is 11.8. The molecule has 0 amide bonds. The first-order valence-corrected chi connectivity index (χ1v) is 11.8. The number of hydrogen-bond acceptors (Lipinski definition) is 3. The SMILES string of the molecule is CCC(C)C(CC(C)C)C(=O)OCC[N+](C)(C)Cc1ccc(C(=O)c2ccccc2)cc1. The van der Waals surface area contributed by atoms with Gasteiger partial charge < -0.3 is 9.22 Å². The van der Waals surface area contributed by atoms with Crippen molar-refractivity contribution < 1.29 is 18.8 Å². The number of quaternary nitrogens is 1. The van der Waals surface area contributed by atoms with E-state index < -0.39 is 0 Å². The normalized spacial score (nSPS) is 13.6. The summed E-state index contributed by atoms with van der Waals surface area (Å²) in [7, 11) is 4.27. The summed E-state index contributed by atoms with van der Waals surface area (Å²) in [5.41, 5.74) is 2.55. The highest BCUT2D eigenvalue weighted by Crippen LogP contribution is 2.24. The van der Waals surface area contributed by atoms with Gasteiger partial charge in [0.1, 0.15) is 19.7 Å². The lowest BCUT2D eigenvalue weighted by molar-refractivity contribution is -0.903. The average Bonchev–Trinajstić information content (AvgIpc) is 2.77. The summed E-state index contributed by atoms with van der Waals surface area (Å²) >= 11 is 0. The van der Waals surface area contributed by atoms with Crippen LogP contribution in [-0.2, 0) is 16.1 Å². The van der Waals surface area contributed by atoms with E-state index in [4.69, 9.17) is 4.74 Å². The maximum Gasteiger partial charge on any atom is 0.309 e. The van der Waals surface area contributed by atoms with E-state index in [1.54, 1.807) is 0 Å². The van der Waals surface area contributed by atoms with Gasteiger partial charge in [-0.1, -0.05) is 88.7 Å². The standard InChI is InChI=1S/C28H40NO3/c1-7-22(4)26(19-21(2)3)28(31)32-18-17-29(5,6)20-23-13-15-25(16-14-23)27(30)24-11-9-8-10-12-24/h8-16,21-22,26H,7,17-20H2,1-6H3/q+1. The molecule has 4 nitrogen and oxygen atoms in total. The molecule has 174 valence electrons. The molecule has 0 heterocycles. The molecule has 2 aromatic carbocycles. The third kappa shape index (κ3) is 7.90. The van der Waals surface area contributed by atoms with Crippen LogP contribution in [0.2, 0.25) is 0 Å². The number of benzene rings is 2. The average molecular weight is 439 g/mol. The van der Waals surface area contributed by atoms with E-state index in [0.29, 0.717) is 34.1 Å². The fraction of sp³-hybridized carbons (Fsp3) is 0.500. The Balaban J connectivity index is 1.90. The lowest BCUT2D eigenvalue weighted by Gasteiger charge is -2.30. The molecule has 0 fully saturated rings. The van der Waals surface area contributed by atoms with Crippen LogP contribution < -0.4 is 0 Å². The molecule has 0 saturated carbocycles. The molecule has 2 atom stereocenters. The third-order valence-electron chi connectivity index (χ3n) is 6.16. The van der Waals surface area contributed by atoms with Crippen molar-refractivity contribution in [2.24, 2.45) is 17.8 Å². The molecular formula is C28H40NO3+. The van der Waals surface area contributed by atoms with Crippen LogP contribution in [0, 0.1) is 17.8 Å². The zero-order valence-electron chi connectivity index (χ0n) is 20.6. The van der Waals surface area contributed by atoms with Crippen LogP contribution in [0.4, 0.5) is 0 Å². The Kier molecular flexibility index (Phi) is 9.64. The molecule has 0 spiro atoms. The zero-order valence-corrected chi connectivity index (χ0v) is 20.6. The summed E-state index contributed by atoms with van der Waals surface area (Å²) in [5.74, 6) is 0.771. The summed E-state index contributed by atoms with van der Waals surface area (Å²) in [6.07, 6.45) is 1.86. The Labute approximate surface area is 194 Å². The second kappa shape index (κ2) is 12.0. The van der Waals surface area contributed by atoms with Gasteiger partial charge >= 0.3 is 5.97 Å². The quantitative estimate of drug-likeness (QED) is 0.241. The lowest BCUT2D eigenvalue weighted by atomic mass is 9.85. The topological polar surface area (TPSA) is 43.4 Å². The Bertz CT molecular complexity index is 856. The van der Waals surface area contributed by atoms with E-state index in [-0.39, 0.29) is 17.7 Å². The van der Waals surface area contributed by atoms with E-state index in [9.17, 15) is 9.59 Å². The van der Waals surface area contributed by atoms with Crippen molar-refractivity contribution in [3.8, 4) is 0 Å². The van der Waals surface area contributed by atoms with Gasteiger partial charge in [-0.2, -0.15) is 0 Å². The molecule has 0 aliphatic carbocycles. The highest BCUT2D eigenvalue weighted by molar-refractivity contribution is 6.08. The minimum Gasteiger partial charge on any atom is -0.459 e. The largest absolute Gasteiger partial charge is 0.459 e. The second-order valence-electron chi connectivity index (χ2n) is 10.00. The third-order valence-corrected chi connectivity index (χ3v) is 6.16. The van der Waals surface area contributed by atoms with Crippen molar-refractivity contribution >= 4 is 11.8 Å². The maximum absolute atomic E-state index is 12.7. The lowest BCUT2D eigenvalue weighted by Crippen LogP contribution is -2.42. The molecule has 0 aliphatic heterocycles. The van der Waals surface area contributed by atoms with Crippen LogP contribution >= 0.6 is 0 Å². The molecule has 0 aromatic heterocycles. The van der Waals surface area contributed by atoms with Gasteiger partial charge in [0, 0.05) is 16.7 Å². The Morgan fingerprint density at radius 1 is 0.906 bits per heavy atom. The highest BCUT2D eigenvalue weighted by atomic mass is 16.5. The zero-order chi connectivity index (χ0) is 23.7. The van der Waals surface area contributed by atoms with Crippen LogP contribution in [0.25, 0.3) is 0 Å². The maximum atomic E-state index is 12.7. The number of likely N-dealkylation sites (N-methyl/N-ethyl adjacent to an activating group) is 1. The molecule has 4 heteroatoms. The number of esters is 1. The fourth-order valence-corrected chi connectivity index (χ4v) is 3.94. The number of ether oxygens (including phenoxy) is 1. The van der Waals surface area contributed by atoms with Gasteiger partial charge in [0.25, 0.3) is 0 Å². The Morgan fingerprint density at radius 3 is 2.06 bits per heavy atom. The van der Waals surface area contributed by atoms with Crippen LogP contribution in [0.5, 0.6) is 0 Å². The Morgan fingerprint density at radius 2 is 1.50 bits per heavy atom. The van der Waals surface area contributed by atoms with Crippen molar-refractivity contribution in [3.05, 3.63) is 71.3 Å². The molecular weight excluding hydrogens is 398 g/mol. The summed E-state index contributed by atoms with van der Waals surface area (Å²) in [6, 6.07) is 17.2. The number of nitrogens with zero attached hydrogens (tertiary/aromatic N) is 1. The number of ketones is 1. The van der Waals surface area contributed by atoms with E-state index in [1.807, 2.05) is 54.6 Å². The minimum atomic E-state index is -0.0585. The summed E-state index contributed by atoms with van der Waals surface area (Å²) in [5, 5.41) is 0. The van der Waals surface area contributed by atoms with Gasteiger partial charge in [0.2, 0.25) is 0 Å². The summed E-state index contributed by atoms with van der Waals surface area (Å²) in [4.78, 5) is 25.3. The van der Waals surface area contributed by atoms with Crippen LogP contribution in [0.1, 0.15) is 62.0 Å². The molecule has 2 aromatic rings. The van der Waals surface area contributed by atoms with E-state index >= 15 is 0 Å². The van der Waals surface area contributed by atoms with Crippen molar-refractivity contribution in [2.45, 2.75) is 47.1 Å². The van der Waals surface area contributed by atoms with Crippen LogP contribution in [0.15, 0.2) is 54.6 Å². The predicted octanol–water partition coefficient (Wildman–Crippen LogP) is 5.75. The Hall–Kier alpha value is -2.46. The highest BCUT2D eigenvalue weighted by Gasteiger charge is 2.27. The minimum absolute atomic E-state index is 0.0229. The van der Waals surface area contributed by atoms with Crippen molar-refractivity contribution in [1.82, 2.24) is 0 Å². The van der Waals surface area contributed by atoms with Crippen LogP contribution in [-0.4, -0.2) is 43.5 Å². The molecule has 32 heavy (non-hydrogen) atoms. The van der Waals surface area contributed by atoms with Crippen LogP contribution in [0.3, 0.4) is 0 Å². The number of carbonyl (C=O) groups is 2. The van der Waals surface area contributed by atoms with Gasteiger partial charge in [-0.05, 0) is 18.3 Å². The van der Waals surface area contributed by atoms with Gasteiger partial charge in [0.05, 0.1) is 20.0 Å². The van der Waals surface area contributed by atoms with Crippen molar-refractivity contribution in [2.75, 3.05) is 27.2 Å².